The normalized spacial score (nSPS) is 11.6. The van der Waals surface area contributed by atoms with Gasteiger partial charge in [-0.3, -0.25) is 4.79 Å². The molecule has 0 fully saturated rings. The monoisotopic (exact) mass is 425 g/mol. The highest BCUT2D eigenvalue weighted by Gasteiger charge is 2.24. The average molecular weight is 426 g/mol. The summed E-state index contributed by atoms with van der Waals surface area (Å²) in [6.45, 7) is 6.22. The van der Waals surface area contributed by atoms with Crippen LogP contribution in [0.1, 0.15) is 19.4 Å². The van der Waals surface area contributed by atoms with Gasteiger partial charge < -0.3 is 10.6 Å². The zero-order chi connectivity index (χ0) is 21.7. The van der Waals surface area contributed by atoms with E-state index < -0.39 is 10.0 Å². The summed E-state index contributed by atoms with van der Waals surface area (Å²) in [6.07, 6.45) is 0. The molecule has 30 heavy (non-hydrogen) atoms. The van der Waals surface area contributed by atoms with Crippen molar-refractivity contribution >= 4 is 38.1 Å². The van der Waals surface area contributed by atoms with Gasteiger partial charge in [0.2, 0.25) is 15.9 Å². The van der Waals surface area contributed by atoms with Gasteiger partial charge in [-0.15, -0.1) is 0 Å². The first-order chi connectivity index (χ1) is 14.4. The summed E-state index contributed by atoms with van der Waals surface area (Å²) in [7, 11) is -3.60. The van der Waals surface area contributed by atoms with Crippen LogP contribution in [0.3, 0.4) is 0 Å². The molecule has 0 saturated heterocycles. The SMILES string of the molecule is CCN(CC)S(=O)(=O)c1cc(NC(=O)CNc2cccc3ccccc23)ccc1C. The van der Waals surface area contributed by atoms with E-state index >= 15 is 0 Å². The molecule has 0 spiro atoms. The summed E-state index contributed by atoms with van der Waals surface area (Å²) in [5.41, 5.74) is 1.97. The first kappa shape index (κ1) is 21.8. The van der Waals surface area contributed by atoms with Crippen LogP contribution in [0, 0.1) is 6.92 Å². The number of rotatable bonds is 8. The quantitative estimate of drug-likeness (QED) is 0.566. The van der Waals surface area contributed by atoms with Crippen molar-refractivity contribution in [3.63, 3.8) is 0 Å². The molecule has 1 amide bonds. The number of aryl methyl sites for hydroxylation is 1. The summed E-state index contributed by atoms with van der Waals surface area (Å²) >= 11 is 0. The van der Waals surface area contributed by atoms with Crippen LogP contribution in [0.2, 0.25) is 0 Å². The minimum absolute atomic E-state index is 0.0695. The smallest absolute Gasteiger partial charge is 0.243 e. The van der Waals surface area contributed by atoms with Gasteiger partial charge >= 0.3 is 0 Å². The van der Waals surface area contributed by atoms with Crippen LogP contribution in [0.5, 0.6) is 0 Å². The Morgan fingerprint density at radius 1 is 0.967 bits per heavy atom. The molecule has 0 heterocycles. The lowest BCUT2D eigenvalue weighted by Crippen LogP contribution is -2.31. The standard InChI is InChI=1S/C23H27N3O3S/c1-4-26(5-2)30(28,29)22-15-19(14-13-17(22)3)25-23(27)16-24-21-12-8-10-18-9-6-7-11-20(18)21/h6-15,24H,4-5,16H2,1-3H3,(H,25,27). The Morgan fingerprint density at radius 3 is 2.40 bits per heavy atom. The number of hydrogen-bond donors (Lipinski definition) is 2. The third-order valence-corrected chi connectivity index (χ3v) is 7.22. The molecule has 0 bridgehead atoms. The van der Waals surface area contributed by atoms with Crippen molar-refractivity contribution < 1.29 is 13.2 Å². The summed E-state index contributed by atoms with van der Waals surface area (Å²) in [4.78, 5) is 12.7. The summed E-state index contributed by atoms with van der Waals surface area (Å²) in [5, 5.41) is 8.08. The van der Waals surface area contributed by atoms with E-state index in [2.05, 4.69) is 10.6 Å². The van der Waals surface area contributed by atoms with Gasteiger partial charge in [0.25, 0.3) is 0 Å². The average Bonchev–Trinajstić information content (AvgIpc) is 2.74. The lowest BCUT2D eigenvalue weighted by atomic mass is 10.1. The predicted octanol–water partition coefficient (Wildman–Crippen LogP) is 4.23. The molecule has 0 aromatic heterocycles. The number of nitrogens with zero attached hydrogens (tertiary/aromatic N) is 1. The minimum atomic E-state index is -3.60. The fourth-order valence-electron chi connectivity index (χ4n) is 3.42. The van der Waals surface area contributed by atoms with Gasteiger partial charge in [0.1, 0.15) is 0 Å². The Balaban J connectivity index is 1.74. The van der Waals surface area contributed by atoms with Crippen molar-refractivity contribution in [2.24, 2.45) is 0 Å². The zero-order valence-electron chi connectivity index (χ0n) is 17.5. The maximum Gasteiger partial charge on any atom is 0.243 e. The van der Waals surface area contributed by atoms with E-state index in [4.69, 9.17) is 0 Å². The van der Waals surface area contributed by atoms with Crippen LogP contribution < -0.4 is 10.6 Å². The van der Waals surface area contributed by atoms with Crippen molar-refractivity contribution in [3.8, 4) is 0 Å². The first-order valence-corrected chi connectivity index (χ1v) is 11.4. The molecular weight excluding hydrogens is 398 g/mol. The van der Waals surface area contributed by atoms with Gasteiger partial charge in [-0.05, 0) is 36.1 Å². The van der Waals surface area contributed by atoms with Gasteiger partial charge in [0.15, 0.2) is 0 Å². The highest BCUT2D eigenvalue weighted by atomic mass is 32.2. The van der Waals surface area contributed by atoms with Crippen molar-refractivity contribution in [3.05, 3.63) is 66.2 Å². The van der Waals surface area contributed by atoms with Gasteiger partial charge in [0, 0.05) is 29.9 Å². The molecule has 7 heteroatoms. The zero-order valence-corrected chi connectivity index (χ0v) is 18.3. The topological polar surface area (TPSA) is 78.5 Å². The number of nitrogens with one attached hydrogen (secondary N) is 2. The highest BCUT2D eigenvalue weighted by Crippen LogP contribution is 2.24. The molecule has 0 aliphatic heterocycles. The van der Waals surface area contributed by atoms with Crippen LogP contribution in [0.4, 0.5) is 11.4 Å². The van der Waals surface area contributed by atoms with E-state index in [1.807, 2.05) is 42.5 Å². The largest absolute Gasteiger partial charge is 0.376 e. The molecule has 0 unspecified atom stereocenters. The second-order valence-electron chi connectivity index (χ2n) is 7.00. The Hall–Kier alpha value is -2.90. The molecule has 158 valence electrons. The number of hydrogen-bond acceptors (Lipinski definition) is 4. The number of anilines is 2. The van der Waals surface area contributed by atoms with Gasteiger partial charge in [-0.1, -0.05) is 56.3 Å². The molecule has 0 radical (unpaired) electrons. The van der Waals surface area contributed by atoms with E-state index in [1.165, 1.54) is 10.4 Å². The predicted molar refractivity (Wildman–Crippen MR) is 122 cm³/mol. The van der Waals surface area contributed by atoms with Gasteiger partial charge in [-0.25, -0.2) is 8.42 Å². The van der Waals surface area contributed by atoms with E-state index in [-0.39, 0.29) is 17.3 Å². The van der Waals surface area contributed by atoms with Crippen molar-refractivity contribution in [1.82, 2.24) is 4.31 Å². The van der Waals surface area contributed by atoms with Crippen LogP contribution in [0.25, 0.3) is 10.8 Å². The molecule has 0 saturated carbocycles. The number of sulfonamides is 1. The Kier molecular flexibility index (Phi) is 6.74. The number of carbonyl (C=O) groups excluding carboxylic acids is 1. The summed E-state index contributed by atoms with van der Waals surface area (Å²) in [5.74, 6) is -0.252. The lowest BCUT2D eigenvalue weighted by Gasteiger charge is -2.20. The third kappa shape index (κ3) is 4.63. The molecule has 0 aliphatic rings. The summed E-state index contributed by atoms with van der Waals surface area (Å²) < 4.78 is 27.2. The molecule has 0 aliphatic carbocycles. The van der Waals surface area contributed by atoms with Crippen LogP contribution in [-0.2, 0) is 14.8 Å². The maximum absolute atomic E-state index is 12.9. The fourth-order valence-corrected chi connectivity index (χ4v) is 5.13. The Bertz CT molecular complexity index is 1150. The number of benzene rings is 3. The van der Waals surface area contributed by atoms with E-state index in [0.717, 1.165) is 16.5 Å². The molecular formula is C23H27N3O3S. The number of carbonyl (C=O) groups is 1. The van der Waals surface area contributed by atoms with Crippen LogP contribution >= 0.6 is 0 Å². The van der Waals surface area contributed by atoms with Gasteiger partial charge in [-0.2, -0.15) is 4.31 Å². The number of fused-ring (bicyclic) bond motifs is 1. The van der Waals surface area contributed by atoms with E-state index in [0.29, 0.717) is 24.3 Å². The molecule has 3 aromatic rings. The van der Waals surface area contributed by atoms with Crippen LogP contribution in [0.15, 0.2) is 65.6 Å². The van der Waals surface area contributed by atoms with E-state index in [1.54, 1.807) is 32.9 Å². The van der Waals surface area contributed by atoms with Crippen LogP contribution in [-0.4, -0.2) is 38.3 Å². The van der Waals surface area contributed by atoms with Crippen molar-refractivity contribution in [1.29, 1.82) is 0 Å². The maximum atomic E-state index is 12.9. The molecule has 2 N–H and O–H groups in total. The first-order valence-electron chi connectivity index (χ1n) is 9.99. The second-order valence-corrected chi connectivity index (χ2v) is 8.90. The minimum Gasteiger partial charge on any atom is -0.376 e. The number of amides is 1. The second kappa shape index (κ2) is 9.28. The lowest BCUT2D eigenvalue weighted by molar-refractivity contribution is -0.114. The van der Waals surface area contributed by atoms with Crippen molar-refractivity contribution in [2.75, 3.05) is 30.3 Å². The highest BCUT2D eigenvalue weighted by molar-refractivity contribution is 7.89. The van der Waals surface area contributed by atoms with E-state index in [9.17, 15) is 13.2 Å². The van der Waals surface area contributed by atoms with Gasteiger partial charge in [0.05, 0.1) is 11.4 Å². The summed E-state index contributed by atoms with van der Waals surface area (Å²) in [6, 6.07) is 18.8. The van der Waals surface area contributed by atoms with Crippen molar-refractivity contribution in [2.45, 2.75) is 25.7 Å². The fraction of sp³-hybridized carbons (Fsp3) is 0.261. The molecule has 3 rings (SSSR count). The Morgan fingerprint density at radius 2 is 1.67 bits per heavy atom. The molecule has 6 nitrogen and oxygen atoms in total. The Labute approximate surface area is 178 Å². The molecule has 0 atom stereocenters. The third-order valence-electron chi connectivity index (χ3n) is 5.02. The molecule has 3 aromatic carbocycles.